The summed E-state index contributed by atoms with van der Waals surface area (Å²) in [5.74, 6) is 2.62. The average molecular weight is 284 g/mol. The predicted molar refractivity (Wildman–Crippen MR) is 78.4 cm³/mol. The molecule has 1 aliphatic heterocycles. The number of aromatic hydroxyl groups is 1. The van der Waals surface area contributed by atoms with Gasteiger partial charge in [-0.2, -0.15) is 0 Å². The van der Waals surface area contributed by atoms with E-state index < -0.39 is 6.10 Å². The summed E-state index contributed by atoms with van der Waals surface area (Å²) in [6, 6.07) is 3.82. The number of aliphatic hydroxyl groups excluding tert-OH is 1. The van der Waals surface area contributed by atoms with Gasteiger partial charge in [-0.3, -0.25) is 0 Å². The van der Waals surface area contributed by atoms with Gasteiger partial charge in [0.05, 0.1) is 0 Å². The molecule has 3 heteroatoms. The normalized spacial score (nSPS) is 45.1. The Kier molecular flexibility index (Phi) is 2.10. The zero-order valence-corrected chi connectivity index (χ0v) is 12.1. The van der Waals surface area contributed by atoms with Gasteiger partial charge in [0.15, 0.2) is 11.5 Å². The van der Waals surface area contributed by atoms with Crippen LogP contribution in [0.4, 0.5) is 0 Å². The van der Waals surface area contributed by atoms with Gasteiger partial charge in [0.25, 0.3) is 0 Å². The quantitative estimate of drug-likeness (QED) is 0.720. The summed E-state index contributed by atoms with van der Waals surface area (Å²) in [4.78, 5) is 0. The third-order valence-electron chi connectivity index (χ3n) is 6.52. The highest BCUT2D eigenvalue weighted by atomic mass is 16.5. The zero-order valence-electron chi connectivity index (χ0n) is 12.1. The molecule has 1 fully saturated rings. The van der Waals surface area contributed by atoms with E-state index in [1.54, 1.807) is 6.07 Å². The molecule has 6 atom stereocenters. The van der Waals surface area contributed by atoms with Gasteiger partial charge in [-0.15, -0.1) is 0 Å². The lowest BCUT2D eigenvalue weighted by Crippen LogP contribution is -2.59. The molecule has 110 valence electrons. The average Bonchev–Trinajstić information content (AvgIpc) is 2.83. The molecule has 1 spiro atoms. The van der Waals surface area contributed by atoms with E-state index in [9.17, 15) is 10.2 Å². The highest BCUT2D eigenvalue weighted by Gasteiger charge is 2.64. The second-order valence-electron chi connectivity index (χ2n) is 7.31. The molecular weight excluding hydrogens is 264 g/mol. The van der Waals surface area contributed by atoms with Gasteiger partial charge in [0, 0.05) is 11.0 Å². The monoisotopic (exact) mass is 284 g/mol. The second kappa shape index (κ2) is 3.64. The van der Waals surface area contributed by atoms with Crippen LogP contribution >= 0.6 is 0 Å². The smallest absolute Gasteiger partial charge is 0.165 e. The summed E-state index contributed by atoms with van der Waals surface area (Å²) in [7, 11) is 0. The van der Waals surface area contributed by atoms with Crippen LogP contribution in [0.1, 0.15) is 30.9 Å². The molecular formula is C18H20O3. The van der Waals surface area contributed by atoms with Crippen LogP contribution in [0, 0.1) is 17.8 Å². The lowest BCUT2D eigenvalue weighted by molar-refractivity contribution is -0.0401. The van der Waals surface area contributed by atoms with Gasteiger partial charge >= 0.3 is 0 Å². The molecule has 2 bridgehead atoms. The van der Waals surface area contributed by atoms with Crippen molar-refractivity contribution < 1.29 is 14.9 Å². The SMILES string of the molecule is CC1CCC23c4c5ccc(O)c4O[C@H]2[C@@H](O)C=C[C@H]3[C@H]1C5. The molecule has 21 heavy (non-hydrogen) atoms. The van der Waals surface area contributed by atoms with Crippen LogP contribution in [0.15, 0.2) is 24.3 Å². The Morgan fingerprint density at radius 3 is 3.00 bits per heavy atom. The number of phenols is 1. The van der Waals surface area contributed by atoms with Crippen LogP contribution < -0.4 is 4.74 Å². The Morgan fingerprint density at radius 1 is 1.29 bits per heavy atom. The molecule has 4 aliphatic rings. The second-order valence-corrected chi connectivity index (χ2v) is 7.31. The first-order chi connectivity index (χ1) is 10.1. The van der Waals surface area contributed by atoms with Gasteiger partial charge in [-0.05, 0) is 48.6 Å². The van der Waals surface area contributed by atoms with E-state index in [2.05, 4.69) is 19.1 Å². The Morgan fingerprint density at radius 2 is 2.14 bits per heavy atom. The molecule has 2 N–H and O–H groups in total. The molecule has 1 aromatic rings. The minimum atomic E-state index is -0.576. The molecule has 5 rings (SSSR count). The van der Waals surface area contributed by atoms with E-state index in [4.69, 9.17) is 4.74 Å². The molecule has 0 radical (unpaired) electrons. The number of rotatable bonds is 0. The topological polar surface area (TPSA) is 49.7 Å². The summed E-state index contributed by atoms with van der Waals surface area (Å²) in [5, 5.41) is 20.7. The van der Waals surface area contributed by atoms with Crippen molar-refractivity contribution in [3.8, 4) is 11.5 Å². The van der Waals surface area contributed by atoms with Crippen LogP contribution in [0.25, 0.3) is 0 Å². The molecule has 1 aromatic carbocycles. The summed E-state index contributed by atoms with van der Waals surface area (Å²) in [5.41, 5.74) is 2.40. The van der Waals surface area contributed by atoms with Crippen LogP contribution in [0.2, 0.25) is 0 Å². The largest absolute Gasteiger partial charge is 0.504 e. The number of allylic oxidation sites excluding steroid dienone is 1. The van der Waals surface area contributed by atoms with Crippen LogP contribution in [-0.2, 0) is 11.8 Å². The number of ether oxygens (including phenoxy) is 1. The minimum absolute atomic E-state index is 0.118. The standard InChI is InChI=1S/C18H20O3/c1-9-6-7-18-12-3-5-14(20)17(18)21-16-13(19)4-2-10(15(16)18)8-11(9)12/h2-5,9,11-12,14,17,19-20H,6-8H2,1H3/t9?,11-,12-,14-,17-,18?/m0/s1. The lowest BCUT2D eigenvalue weighted by Gasteiger charge is -2.55. The molecule has 3 aliphatic carbocycles. The van der Waals surface area contributed by atoms with Crippen LogP contribution in [-0.4, -0.2) is 22.4 Å². The van der Waals surface area contributed by atoms with Crippen molar-refractivity contribution in [1.82, 2.24) is 0 Å². The maximum atomic E-state index is 10.5. The molecule has 0 aromatic heterocycles. The molecule has 2 unspecified atom stereocenters. The maximum Gasteiger partial charge on any atom is 0.165 e. The fourth-order valence-electron chi connectivity index (χ4n) is 5.60. The number of benzene rings is 1. The fraction of sp³-hybridized carbons (Fsp3) is 0.556. The Balaban J connectivity index is 1.84. The number of phenolic OH excluding ortho intramolecular Hbond substituents is 1. The van der Waals surface area contributed by atoms with E-state index in [0.29, 0.717) is 23.5 Å². The summed E-state index contributed by atoms with van der Waals surface area (Å²) < 4.78 is 6.11. The highest BCUT2D eigenvalue weighted by molar-refractivity contribution is 5.61. The van der Waals surface area contributed by atoms with Gasteiger partial charge in [0.2, 0.25) is 0 Å². The first-order valence-corrected chi connectivity index (χ1v) is 8.01. The van der Waals surface area contributed by atoms with Crippen LogP contribution in [0.3, 0.4) is 0 Å². The lowest BCUT2D eigenvalue weighted by atomic mass is 9.48. The van der Waals surface area contributed by atoms with Crippen molar-refractivity contribution >= 4 is 0 Å². The molecule has 0 saturated heterocycles. The van der Waals surface area contributed by atoms with Gasteiger partial charge < -0.3 is 14.9 Å². The van der Waals surface area contributed by atoms with E-state index in [1.807, 2.05) is 6.08 Å². The van der Waals surface area contributed by atoms with E-state index in [-0.39, 0.29) is 17.3 Å². The van der Waals surface area contributed by atoms with Gasteiger partial charge in [0.1, 0.15) is 12.2 Å². The van der Waals surface area contributed by atoms with Crippen molar-refractivity contribution in [2.75, 3.05) is 0 Å². The number of hydrogen-bond acceptors (Lipinski definition) is 3. The van der Waals surface area contributed by atoms with E-state index >= 15 is 0 Å². The first-order valence-electron chi connectivity index (χ1n) is 8.01. The Bertz CT molecular complexity index is 665. The molecule has 0 amide bonds. The van der Waals surface area contributed by atoms with E-state index in [1.165, 1.54) is 17.5 Å². The minimum Gasteiger partial charge on any atom is -0.504 e. The Labute approximate surface area is 124 Å². The molecule has 1 saturated carbocycles. The number of aliphatic hydroxyl groups is 1. The van der Waals surface area contributed by atoms with Gasteiger partial charge in [-0.25, -0.2) is 0 Å². The zero-order chi connectivity index (χ0) is 14.4. The summed E-state index contributed by atoms with van der Waals surface area (Å²) in [6.45, 7) is 2.35. The predicted octanol–water partition coefficient (Wildman–Crippen LogP) is 2.54. The summed E-state index contributed by atoms with van der Waals surface area (Å²) in [6.07, 6.45) is 6.62. The van der Waals surface area contributed by atoms with Crippen LogP contribution in [0.5, 0.6) is 11.5 Å². The fourth-order valence-corrected chi connectivity index (χ4v) is 5.60. The highest BCUT2D eigenvalue weighted by Crippen LogP contribution is 2.65. The summed E-state index contributed by atoms with van der Waals surface area (Å²) >= 11 is 0. The van der Waals surface area contributed by atoms with Crippen molar-refractivity contribution in [3.05, 3.63) is 35.4 Å². The third kappa shape index (κ3) is 1.21. The molecule has 3 nitrogen and oxygen atoms in total. The first kappa shape index (κ1) is 12.1. The third-order valence-corrected chi connectivity index (χ3v) is 6.52. The molecule has 1 heterocycles. The Hall–Kier alpha value is -1.48. The van der Waals surface area contributed by atoms with Crippen molar-refractivity contribution in [2.24, 2.45) is 17.8 Å². The van der Waals surface area contributed by atoms with Crippen molar-refractivity contribution in [3.63, 3.8) is 0 Å². The maximum absolute atomic E-state index is 10.5. The van der Waals surface area contributed by atoms with E-state index in [0.717, 1.165) is 12.8 Å². The van der Waals surface area contributed by atoms with Crippen molar-refractivity contribution in [1.29, 1.82) is 0 Å². The number of hydrogen-bond donors (Lipinski definition) is 2. The van der Waals surface area contributed by atoms with Gasteiger partial charge in [-0.1, -0.05) is 25.1 Å². The van der Waals surface area contributed by atoms with Crippen molar-refractivity contribution in [2.45, 2.75) is 43.8 Å².